The van der Waals surface area contributed by atoms with Crippen molar-refractivity contribution in [3.63, 3.8) is 0 Å². The van der Waals surface area contributed by atoms with Gasteiger partial charge in [0.05, 0.1) is 21.7 Å². The molecule has 0 N–H and O–H groups in total. The van der Waals surface area contributed by atoms with Crippen LogP contribution in [-0.4, -0.2) is 14.5 Å². The number of nitrogens with zero attached hydrogens (tertiary/aromatic N) is 3. The molecule has 35 heavy (non-hydrogen) atoms. The molecular formula is C25H15ClFN3O4S. The van der Waals surface area contributed by atoms with Gasteiger partial charge in [-0.15, -0.1) is 0 Å². The highest BCUT2D eigenvalue weighted by Crippen LogP contribution is 2.33. The third-order valence-electron chi connectivity index (χ3n) is 5.33. The van der Waals surface area contributed by atoms with Crippen LogP contribution in [0.15, 0.2) is 93.4 Å². The van der Waals surface area contributed by atoms with Crippen LogP contribution < -0.4 is 5.63 Å². The Morgan fingerprint density at radius 3 is 2.63 bits per heavy atom. The van der Waals surface area contributed by atoms with Crippen molar-refractivity contribution in [1.29, 1.82) is 0 Å². The fraction of sp³-hybridized carbons (Fsp3) is 0.0400. The SMILES string of the molecule is O=c1oc2ccccc2cc1-c1cn(-c2ccc(Cl)cc2)c(SCc2c(F)cccc2[N+](=O)[O-])n1. The fourth-order valence-corrected chi connectivity index (χ4v) is 4.77. The molecule has 0 radical (unpaired) electrons. The van der Waals surface area contributed by atoms with Gasteiger partial charge in [-0.1, -0.05) is 47.6 Å². The summed E-state index contributed by atoms with van der Waals surface area (Å²) in [7, 11) is 0. The van der Waals surface area contributed by atoms with E-state index in [1.165, 1.54) is 18.2 Å². The molecule has 5 aromatic rings. The number of halogens is 2. The van der Waals surface area contributed by atoms with Crippen molar-refractivity contribution in [2.75, 3.05) is 0 Å². The predicted octanol–water partition coefficient (Wildman–Crippen LogP) is 6.64. The van der Waals surface area contributed by atoms with Gasteiger partial charge in [0.15, 0.2) is 5.16 Å². The summed E-state index contributed by atoms with van der Waals surface area (Å²) >= 11 is 7.14. The Balaban J connectivity index is 1.60. The first-order chi connectivity index (χ1) is 16.9. The molecule has 5 rings (SSSR count). The average molecular weight is 508 g/mol. The Hall–Kier alpha value is -3.95. The van der Waals surface area contributed by atoms with Gasteiger partial charge in [-0.2, -0.15) is 0 Å². The molecule has 2 aromatic heterocycles. The van der Waals surface area contributed by atoms with E-state index >= 15 is 0 Å². The topological polar surface area (TPSA) is 91.2 Å². The number of para-hydroxylation sites is 1. The van der Waals surface area contributed by atoms with Crippen LogP contribution in [0.1, 0.15) is 5.56 Å². The molecule has 0 atom stereocenters. The van der Waals surface area contributed by atoms with Crippen LogP contribution >= 0.6 is 23.4 Å². The van der Waals surface area contributed by atoms with Crippen LogP contribution in [0, 0.1) is 15.9 Å². The highest BCUT2D eigenvalue weighted by molar-refractivity contribution is 7.98. The van der Waals surface area contributed by atoms with Crippen LogP contribution in [0.2, 0.25) is 5.02 Å². The first-order valence-corrected chi connectivity index (χ1v) is 11.7. The maximum absolute atomic E-state index is 14.4. The van der Waals surface area contributed by atoms with E-state index in [1.807, 2.05) is 12.1 Å². The lowest BCUT2D eigenvalue weighted by Gasteiger charge is -2.08. The highest BCUT2D eigenvalue weighted by atomic mass is 35.5. The first-order valence-electron chi connectivity index (χ1n) is 10.3. The van der Waals surface area contributed by atoms with Crippen LogP contribution in [0.4, 0.5) is 10.1 Å². The summed E-state index contributed by atoms with van der Waals surface area (Å²) in [6.45, 7) is 0. The summed E-state index contributed by atoms with van der Waals surface area (Å²) in [5.74, 6) is -0.717. The maximum Gasteiger partial charge on any atom is 0.345 e. The van der Waals surface area contributed by atoms with E-state index in [2.05, 4.69) is 4.98 Å². The standard InChI is InChI=1S/C25H15ClFN3O4S/c26-16-8-10-17(11-9-16)29-13-21(18-12-15-4-1-2-7-23(15)34-24(18)31)28-25(29)35-14-19-20(27)5-3-6-22(19)30(32)33/h1-13H,14H2. The van der Waals surface area contributed by atoms with Crippen molar-refractivity contribution in [2.24, 2.45) is 0 Å². The molecule has 7 nitrogen and oxygen atoms in total. The number of thioether (sulfide) groups is 1. The third kappa shape index (κ3) is 4.55. The number of imidazole rings is 1. The average Bonchev–Trinajstić information content (AvgIpc) is 3.27. The zero-order valence-corrected chi connectivity index (χ0v) is 19.4. The summed E-state index contributed by atoms with van der Waals surface area (Å²) in [5.41, 5.74) is 0.868. The Morgan fingerprint density at radius 1 is 1.09 bits per heavy atom. The summed E-state index contributed by atoms with van der Waals surface area (Å²) in [4.78, 5) is 28.1. The minimum atomic E-state index is -0.674. The molecule has 10 heteroatoms. The molecule has 3 aromatic carbocycles. The van der Waals surface area contributed by atoms with Gasteiger partial charge in [-0.3, -0.25) is 14.7 Å². The number of nitro groups is 1. The lowest BCUT2D eigenvalue weighted by atomic mass is 10.1. The second-order valence-corrected chi connectivity index (χ2v) is 8.90. The number of nitro benzene ring substituents is 1. The number of benzene rings is 3. The van der Waals surface area contributed by atoms with E-state index in [9.17, 15) is 19.3 Å². The molecule has 0 unspecified atom stereocenters. The molecule has 2 heterocycles. The van der Waals surface area contributed by atoms with Gasteiger partial charge in [0.25, 0.3) is 5.69 Å². The second kappa shape index (κ2) is 9.36. The van der Waals surface area contributed by atoms with Crippen LogP contribution in [0.3, 0.4) is 0 Å². The van der Waals surface area contributed by atoms with E-state index in [0.717, 1.165) is 17.1 Å². The Morgan fingerprint density at radius 2 is 1.86 bits per heavy atom. The number of rotatable bonds is 6. The smallest absolute Gasteiger partial charge is 0.345 e. The van der Waals surface area contributed by atoms with Crippen molar-refractivity contribution in [2.45, 2.75) is 10.9 Å². The van der Waals surface area contributed by atoms with Crippen molar-refractivity contribution in [3.05, 3.63) is 116 Å². The van der Waals surface area contributed by atoms with Gasteiger partial charge in [0, 0.05) is 34.1 Å². The maximum atomic E-state index is 14.4. The fourth-order valence-electron chi connectivity index (χ4n) is 3.62. The molecule has 0 amide bonds. The van der Waals surface area contributed by atoms with Gasteiger partial charge in [0.2, 0.25) is 0 Å². The summed E-state index contributed by atoms with van der Waals surface area (Å²) in [6, 6.07) is 19.5. The molecular weight excluding hydrogens is 493 g/mol. The van der Waals surface area contributed by atoms with Crippen LogP contribution in [0.5, 0.6) is 0 Å². The van der Waals surface area contributed by atoms with Crippen LogP contribution in [0.25, 0.3) is 27.9 Å². The van der Waals surface area contributed by atoms with Gasteiger partial charge < -0.3 is 4.42 Å². The van der Waals surface area contributed by atoms with Gasteiger partial charge >= 0.3 is 5.63 Å². The Labute approximate surface area is 206 Å². The molecule has 0 fully saturated rings. The van der Waals surface area contributed by atoms with E-state index in [4.69, 9.17) is 16.0 Å². The number of aromatic nitrogens is 2. The second-order valence-electron chi connectivity index (χ2n) is 7.52. The normalized spacial score (nSPS) is 11.1. The minimum absolute atomic E-state index is 0.0417. The molecule has 174 valence electrons. The number of hydrogen-bond acceptors (Lipinski definition) is 6. The van der Waals surface area contributed by atoms with Crippen molar-refractivity contribution in [3.8, 4) is 16.9 Å². The monoisotopic (exact) mass is 507 g/mol. The molecule has 0 saturated heterocycles. The van der Waals surface area contributed by atoms with Crippen molar-refractivity contribution in [1.82, 2.24) is 9.55 Å². The molecule has 0 aliphatic rings. The zero-order chi connectivity index (χ0) is 24.5. The molecule has 0 saturated carbocycles. The summed E-state index contributed by atoms with van der Waals surface area (Å²) in [6.07, 6.45) is 1.67. The van der Waals surface area contributed by atoms with Crippen molar-refractivity contribution < 1.29 is 13.7 Å². The van der Waals surface area contributed by atoms with Crippen LogP contribution in [-0.2, 0) is 5.75 Å². The largest absolute Gasteiger partial charge is 0.422 e. The Kier molecular flexibility index (Phi) is 6.10. The van der Waals surface area contributed by atoms with E-state index < -0.39 is 16.4 Å². The van der Waals surface area contributed by atoms with Gasteiger partial charge in [0.1, 0.15) is 11.4 Å². The summed E-state index contributed by atoms with van der Waals surface area (Å²) < 4.78 is 21.6. The van der Waals surface area contributed by atoms with Gasteiger partial charge in [-0.25, -0.2) is 14.2 Å². The first kappa shape index (κ1) is 22.8. The quantitative estimate of drug-likeness (QED) is 0.111. The zero-order valence-electron chi connectivity index (χ0n) is 17.9. The van der Waals surface area contributed by atoms with Gasteiger partial charge in [-0.05, 0) is 42.5 Å². The van der Waals surface area contributed by atoms with E-state index in [-0.39, 0.29) is 22.6 Å². The highest BCUT2D eigenvalue weighted by Gasteiger charge is 2.21. The lowest BCUT2D eigenvalue weighted by Crippen LogP contribution is -2.02. The number of hydrogen-bond donors (Lipinski definition) is 0. The predicted molar refractivity (Wildman–Crippen MR) is 133 cm³/mol. The molecule has 0 aliphatic heterocycles. The minimum Gasteiger partial charge on any atom is -0.422 e. The number of fused-ring (bicyclic) bond motifs is 1. The molecule has 0 bridgehead atoms. The third-order valence-corrected chi connectivity index (χ3v) is 6.56. The Bertz CT molecular complexity index is 1630. The molecule has 0 spiro atoms. The van der Waals surface area contributed by atoms with E-state index in [0.29, 0.717) is 27.1 Å². The molecule has 0 aliphatic carbocycles. The lowest BCUT2D eigenvalue weighted by molar-refractivity contribution is -0.385. The van der Waals surface area contributed by atoms with E-state index in [1.54, 1.807) is 53.2 Å². The summed E-state index contributed by atoms with van der Waals surface area (Å²) in [5, 5.41) is 13.1. The van der Waals surface area contributed by atoms with Crippen molar-refractivity contribution >= 4 is 40.0 Å².